The second-order valence-electron chi connectivity index (χ2n) is 8.36. The largest absolute Gasteiger partial charge is 0.483 e. The van der Waals surface area contributed by atoms with Crippen LogP contribution in [0.5, 0.6) is 0 Å². The van der Waals surface area contributed by atoms with Gasteiger partial charge in [0.1, 0.15) is 5.41 Å². The van der Waals surface area contributed by atoms with Crippen LogP contribution in [0.1, 0.15) is 12.0 Å². The number of benzene rings is 1. The first-order valence-electron chi connectivity index (χ1n) is 9.37. The van der Waals surface area contributed by atoms with Crippen molar-refractivity contribution in [1.82, 2.24) is 4.90 Å². The molecule has 2 saturated heterocycles. The number of para-hydroxylation sites is 1. The number of methoxy groups -OCH3 is 1. The molecule has 1 aromatic rings. The van der Waals surface area contributed by atoms with Crippen LogP contribution in [-0.2, 0) is 19.7 Å². The molecule has 6 rings (SSSR count). The second-order valence-corrected chi connectivity index (χ2v) is 8.36. The Kier molecular flexibility index (Phi) is 2.53. The summed E-state index contributed by atoms with van der Waals surface area (Å²) in [4.78, 5) is 20.2. The van der Waals surface area contributed by atoms with Gasteiger partial charge in [-0.1, -0.05) is 24.3 Å². The third-order valence-corrected chi connectivity index (χ3v) is 7.98. The quantitative estimate of drug-likeness (QED) is 0.730. The van der Waals surface area contributed by atoms with Crippen molar-refractivity contribution in [3.63, 3.8) is 0 Å². The maximum absolute atomic E-state index is 13.4. The van der Waals surface area contributed by atoms with E-state index >= 15 is 0 Å². The monoisotopic (exact) mass is 350 g/mol. The van der Waals surface area contributed by atoms with Crippen molar-refractivity contribution in [2.45, 2.75) is 24.0 Å². The van der Waals surface area contributed by atoms with Crippen LogP contribution < -0.4 is 0 Å². The van der Waals surface area contributed by atoms with Crippen LogP contribution in [0.15, 0.2) is 41.9 Å². The number of carbonyl (C=O) groups is 1. The molecule has 0 radical (unpaired) electrons. The summed E-state index contributed by atoms with van der Waals surface area (Å²) in [7, 11) is 3.63. The summed E-state index contributed by atoms with van der Waals surface area (Å²) in [6, 6.07) is 8.37. The minimum Gasteiger partial charge on any atom is -0.483 e. The smallest absolute Gasteiger partial charge is 0.233 e. The Bertz CT molecular complexity index is 895. The van der Waals surface area contributed by atoms with Gasteiger partial charge in [0.25, 0.3) is 0 Å². The molecule has 1 aromatic carbocycles. The van der Waals surface area contributed by atoms with E-state index in [0.717, 1.165) is 17.7 Å². The molecule has 5 nitrogen and oxygen atoms in total. The number of fused-ring (bicyclic) bond motifs is 5. The molecule has 5 aliphatic rings. The fraction of sp³-hybridized carbons (Fsp3) is 0.524. The van der Waals surface area contributed by atoms with Gasteiger partial charge in [-0.3, -0.25) is 4.79 Å². The average molecular weight is 350 g/mol. The van der Waals surface area contributed by atoms with Gasteiger partial charge in [0.2, 0.25) is 11.8 Å². The first-order valence-corrected chi connectivity index (χ1v) is 9.37. The van der Waals surface area contributed by atoms with Gasteiger partial charge < -0.3 is 14.4 Å². The minimum atomic E-state index is -0.541. The second kappa shape index (κ2) is 4.39. The van der Waals surface area contributed by atoms with E-state index in [1.165, 1.54) is 0 Å². The SMILES string of the molecule is C=C[C@]12C(=O)N(C)[C@@H]3[C@H]4CO[C@H](C[C@H]41)[C@@]1(C(OC)=Nc4ccccc41)[C@@H]32. The van der Waals surface area contributed by atoms with Crippen LogP contribution in [0, 0.1) is 23.2 Å². The molecule has 3 aliphatic heterocycles. The summed E-state index contributed by atoms with van der Waals surface area (Å²) >= 11 is 0. The third-order valence-electron chi connectivity index (χ3n) is 7.98. The van der Waals surface area contributed by atoms with E-state index in [0.29, 0.717) is 24.3 Å². The fourth-order valence-corrected chi connectivity index (χ4v) is 7.30. The molecule has 26 heavy (non-hydrogen) atoms. The Hall–Kier alpha value is -2.14. The van der Waals surface area contributed by atoms with Crippen molar-refractivity contribution < 1.29 is 14.3 Å². The van der Waals surface area contributed by atoms with E-state index in [9.17, 15) is 4.79 Å². The molecular formula is C21H22N2O3. The van der Waals surface area contributed by atoms with Crippen LogP contribution >= 0.6 is 0 Å². The number of likely N-dealkylation sites (tertiary alicyclic amines) is 1. The summed E-state index contributed by atoms with van der Waals surface area (Å²) in [6.07, 6.45) is 2.80. The predicted octanol–water partition coefficient (Wildman–Crippen LogP) is 2.29. The van der Waals surface area contributed by atoms with Crippen LogP contribution in [0.3, 0.4) is 0 Å². The van der Waals surface area contributed by atoms with Crippen LogP contribution in [0.4, 0.5) is 5.69 Å². The normalized spacial score (nSPS) is 46.7. The molecule has 4 fully saturated rings. The Morgan fingerprint density at radius 3 is 3.00 bits per heavy atom. The number of rotatable bonds is 1. The number of amides is 1. The Morgan fingerprint density at radius 2 is 2.23 bits per heavy atom. The lowest BCUT2D eigenvalue weighted by atomic mass is 9.51. The molecule has 1 spiro atoms. The van der Waals surface area contributed by atoms with Gasteiger partial charge in [0.05, 0.1) is 30.9 Å². The Balaban J connectivity index is 1.71. The number of ether oxygens (including phenoxy) is 2. The molecule has 0 unspecified atom stereocenters. The van der Waals surface area contributed by atoms with Crippen molar-refractivity contribution in [3.8, 4) is 0 Å². The molecule has 7 atom stereocenters. The number of piperidine rings is 1. The molecule has 1 amide bonds. The highest BCUT2D eigenvalue weighted by molar-refractivity contribution is 6.01. The average Bonchev–Trinajstić information content (AvgIpc) is 3.16. The van der Waals surface area contributed by atoms with E-state index in [4.69, 9.17) is 14.5 Å². The maximum Gasteiger partial charge on any atom is 0.233 e. The number of nitrogens with zero attached hydrogens (tertiary/aromatic N) is 2. The molecule has 2 aliphatic carbocycles. The third kappa shape index (κ3) is 1.20. The Morgan fingerprint density at radius 1 is 1.42 bits per heavy atom. The van der Waals surface area contributed by atoms with E-state index < -0.39 is 10.8 Å². The van der Waals surface area contributed by atoms with Gasteiger partial charge >= 0.3 is 0 Å². The summed E-state index contributed by atoms with van der Waals surface area (Å²) < 4.78 is 12.3. The van der Waals surface area contributed by atoms with Crippen molar-refractivity contribution in [2.24, 2.45) is 28.2 Å². The zero-order valence-electron chi connectivity index (χ0n) is 15.0. The lowest BCUT2D eigenvalue weighted by molar-refractivity contribution is -0.159. The van der Waals surface area contributed by atoms with Crippen molar-refractivity contribution >= 4 is 17.5 Å². The molecule has 134 valence electrons. The lowest BCUT2D eigenvalue weighted by Crippen LogP contribution is -2.63. The van der Waals surface area contributed by atoms with Gasteiger partial charge in [-0.05, 0) is 24.0 Å². The minimum absolute atomic E-state index is 0.00604. The Labute approximate surface area is 152 Å². The number of hydrogen-bond donors (Lipinski definition) is 0. The molecule has 2 saturated carbocycles. The number of hydrogen-bond acceptors (Lipinski definition) is 4. The summed E-state index contributed by atoms with van der Waals surface area (Å²) in [5, 5.41) is 0. The standard InChI is InChI=1S/C21H22N2O3/c1-4-20-13-9-15-21(12-7-5-6-8-14(12)22-18(21)25-3)17(20)16(11(13)10-26-15)23(2)19(20)24/h4-8,11,13,15-17H,1,9-10H2,2-3H3/t11-,13+,15+,16+,17-,20-,21+/m0/s1. The van der Waals surface area contributed by atoms with Gasteiger partial charge in [0, 0.05) is 24.9 Å². The first-order chi connectivity index (χ1) is 12.6. The van der Waals surface area contributed by atoms with Gasteiger partial charge in [-0.25, -0.2) is 4.99 Å². The van der Waals surface area contributed by atoms with Crippen molar-refractivity contribution in [2.75, 3.05) is 20.8 Å². The molecule has 5 bridgehead atoms. The van der Waals surface area contributed by atoms with E-state index in [2.05, 4.69) is 18.7 Å². The molecule has 0 aromatic heterocycles. The number of carbonyl (C=O) groups excluding carboxylic acids is 1. The van der Waals surface area contributed by atoms with E-state index in [-0.39, 0.29) is 24.0 Å². The van der Waals surface area contributed by atoms with E-state index in [1.807, 2.05) is 30.2 Å². The summed E-state index contributed by atoms with van der Waals surface area (Å²) in [5.41, 5.74) is 1.04. The highest BCUT2D eigenvalue weighted by atomic mass is 16.5. The van der Waals surface area contributed by atoms with E-state index in [1.54, 1.807) is 7.11 Å². The summed E-state index contributed by atoms with van der Waals surface area (Å²) in [5.74, 6) is 1.65. The maximum atomic E-state index is 13.4. The van der Waals surface area contributed by atoms with Gasteiger partial charge in [0.15, 0.2) is 0 Å². The topological polar surface area (TPSA) is 51.1 Å². The summed E-state index contributed by atoms with van der Waals surface area (Å²) in [6.45, 7) is 4.85. The number of aliphatic imine (C=N–C) groups is 1. The van der Waals surface area contributed by atoms with Crippen molar-refractivity contribution in [3.05, 3.63) is 42.5 Å². The lowest BCUT2D eigenvalue weighted by Gasteiger charge is -2.54. The first kappa shape index (κ1) is 15.0. The molecule has 0 N–H and O–H groups in total. The predicted molar refractivity (Wildman–Crippen MR) is 96.2 cm³/mol. The van der Waals surface area contributed by atoms with Crippen LogP contribution in [0.2, 0.25) is 0 Å². The van der Waals surface area contributed by atoms with Gasteiger partial charge in [-0.15, -0.1) is 6.58 Å². The highest BCUT2D eigenvalue weighted by Gasteiger charge is 2.82. The molecule has 5 heteroatoms. The fourth-order valence-electron chi connectivity index (χ4n) is 7.30. The molecular weight excluding hydrogens is 328 g/mol. The zero-order chi connectivity index (χ0) is 17.8. The van der Waals surface area contributed by atoms with Crippen LogP contribution in [0.25, 0.3) is 0 Å². The highest BCUT2D eigenvalue weighted by Crippen LogP contribution is 2.74. The van der Waals surface area contributed by atoms with Gasteiger partial charge in [-0.2, -0.15) is 0 Å². The molecule has 3 heterocycles. The van der Waals surface area contributed by atoms with Crippen LogP contribution in [-0.4, -0.2) is 49.6 Å². The zero-order valence-corrected chi connectivity index (χ0v) is 15.0. The van der Waals surface area contributed by atoms with Crippen molar-refractivity contribution in [1.29, 1.82) is 0 Å².